The number of anilines is 1. The van der Waals surface area contributed by atoms with E-state index < -0.39 is 0 Å². The van der Waals surface area contributed by atoms with Gasteiger partial charge in [0.15, 0.2) is 0 Å². The molecule has 2 rings (SSSR count). The van der Waals surface area contributed by atoms with E-state index in [9.17, 15) is 0 Å². The quantitative estimate of drug-likeness (QED) is 0.753. The molecule has 1 aliphatic carbocycles. The third-order valence-corrected chi connectivity index (χ3v) is 3.81. The lowest BCUT2D eigenvalue weighted by atomic mass is 10.2. The van der Waals surface area contributed by atoms with Gasteiger partial charge in [0.05, 0.1) is 12.3 Å². The molecule has 0 radical (unpaired) electrons. The van der Waals surface area contributed by atoms with Crippen LogP contribution in [0.5, 0.6) is 0 Å². The van der Waals surface area contributed by atoms with Crippen molar-refractivity contribution in [3.8, 4) is 0 Å². The van der Waals surface area contributed by atoms with Crippen LogP contribution in [-0.4, -0.2) is 37.3 Å². The summed E-state index contributed by atoms with van der Waals surface area (Å²) in [5.74, 6) is 0.774. The van der Waals surface area contributed by atoms with Crippen LogP contribution in [0.4, 0.5) is 6.01 Å². The Balaban J connectivity index is 1.99. The SMILES string of the molecule is COCCN(c1nc(CNC(C)C)co1)C(C)C1CC1. The average molecular weight is 281 g/mol. The molecule has 0 amide bonds. The van der Waals surface area contributed by atoms with Crippen molar-refractivity contribution >= 4 is 6.01 Å². The van der Waals surface area contributed by atoms with Crippen LogP contribution in [0.25, 0.3) is 0 Å². The fourth-order valence-electron chi connectivity index (χ4n) is 2.31. The second-order valence-electron chi connectivity index (χ2n) is 5.92. The predicted molar refractivity (Wildman–Crippen MR) is 79.9 cm³/mol. The van der Waals surface area contributed by atoms with E-state index in [0.717, 1.165) is 30.7 Å². The van der Waals surface area contributed by atoms with Gasteiger partial charge < -0.3 is 19.4 Å². The van der Waals surface area contributed by atoms with Gasteiger partial charge in [-0.1, -0.05) is 13.8 Å². The molecule has 5 nitrogen and oxygen atoms in total. The van der Waals surface area contributed by atoms with Gasteiger partial charge in [0.2, 0.25) is 0 Å². The minimum atomic E-state index is 0.449. The number of oxazole rings is 1. The number of nitrogens with zero attached hydrogens (tertiary/aromatic N) is 2. The Morgan fingerprint density at radius 2 is 2.20 bits per heavy atom. The second-order valence-corrected chi connectivity index (χ2v) is 5.92. The molecule has 20 heavy (non-hydrogen) atoms. The lowest BCUT2D eigenvalue weighted by Gasteiger charge is -2.27. The molecule has 0 saturated heterocycles. The van der Waals surface area contributed by atoms with Crippen molar-refractivity contribution in [2.24, 2.45) is 5.92 Å². The van der Waals surface area contributed by atoms with Gasteiger partial charge in [-0.3, -0.25) is 0 Å². The number of rotatable bonds is 9. The van der Waals surface area contributed by atoms with Gasteiger partial charge in [0.1, 0.15) is 6.26 Å². The summed E-state index contributed by atoms with van der Waals surface area (Å²) >= 11 is 0. The molecule has 1 heterocycles. The van der Waals surface area contributed by atoms with Gasteiger partial charge in [-0.05, 0) is 25.7 Å². The molecule has 0 bridgehead atoms. The number of aromatic nitrogens is 1. The Labute approximate surface area is 121 Å². The van der Waals surface area contributed by atoms with E-state index in [1.165, 1.54) is 12.8 Å². The van der Waals surface area contributed by atoms with Crippen molar-refractivity contribution < 1.29 is 9.15 Å². The highest BCUT2D eigenvalue weighted by atomic mass is 16.5. The van der Waals surface area contributed by atoms with Crippen LogP contribution in [0.1, 0.15) is 39.3 Å². The van der Waals surface area contributed by atoms with Gasteiger partial charge in [-0.25, -0.2) is 0 Å². The molecule has 5 heteroatoms. The third kappa shape index (κ3) is 4.21. The van der Waals surface area contributed by atoms with Gasteiger partial charge in [0, 0.05) is 32.3 Å². The first-order valence-electron chi connectivity index (χ1n) is 7.55. The maximum absolute atomic E-state index is 5.67. The first-order chi connectivity index (χ1) is 9.61. The Morgan fingerprint density at radius 1 is 1.45 bits per heavy atom. The van der Waals surface area contributed by atoms with Crippen LogP contribution in [-0.2, 0) is 11.3 Å². The van der Waals surface area contributed by atoms with Crippen molar-refractivity contribution in [2.45, 2.75) is 52.2 Å². The van der Waals surface area contributed by atoms with Crippen LogP contribution in [0.15, 0.2) is 10.7 Å². The van der Waals surface area contributed by atoms with Crippen LogP contribution < -0.4 is 10.2 Å². The zero-order valence-corrected chi connectivity index (χ0v) is 13.1. The maximum atomic E-state index is 5.67. The molecule has 0 spiro atoms. The van der Waals surface area contributed by atoms with E-state index in [2.05, 4.69) is 36.0 Å². The molecule has 1 unspecified atom stereocenters. The number of methoxy groups -OCH3 is 1. The molecule has 0 aromatic carbocycles. The molecule has 1 aromatic heterocycles. The summed E-state index contributed by atoms with van der Waals surface area (Å²) in [5.41, 5.74) is 0.958. The normalized spacial score (nSPS) is 16.6. The van der Waals surface area contributed by atoms with E-state index in [4.69, 9.17) is 9.15 Å². The standard InChI is InChI=1S/C15H27N3O2/c1-11(2)16-9-14-10-20-15(17-14)18(7-8-19-4)12(3)13-5-6-13/h10-13,16H,5-9H2,1-4H3. The van der Waals surface area contributed by atoms with E-state index in [1.54, 1.807) is 13.4 Å². The van der Waals surface area contributed by atoms with Crippen LogP contribution in [0.3, 0.4) is 0 Å². The van der Waals surface area contributed by atoms with E-state index >= 15 is 0 Å². The van der Waals surface area contributed by atoms with E-state index in [-0.39, 0.29) is 0 Å². The first kappa shape index (κ1) is 15.3. The van der Waals surface area contributed by atoms with Crippen molar-refractivity contribution in [3.63, 3.8) is 0 Å². The number of hydrogen-bond donors (Lipinski definition) is 1. The highest BCUT2D eigenvalue weighted by molar-refractivity contribution is 5.30. The van der Waals surface area contributed by atoms with Crippen LogP contribution in [0.2, 0.25) is 0 Å². The minimum absolute atomic E-state index is 0.449. The molecule has 1 N–H and O–H groups in total. The smallest absolute Gasteiger partial charge is 0.297 e. The molecule has 1 aromatic rings. The van der Waals surface area contributed by atoms with Crippen molar-refractivity contribution in [2.75, 3.05) is 25.2 Å². The van der Waals surface area contributed by atoms with E-state index in [1.807, 2.05) is 0 Å². The highest BCUT2D eigenvalue weighted by Crippen LogP contribution is 2.36. The predicted octanol–water partition coefficient (Wildman–Crippen LogP) is 2.42. The van der Waals surface area contributed by atoms with Gasteiger partial charge >= 0.3 is 0 Å². The third-order valence-electron chi connectivity index (χ3n) is 3.81. The number of nitrogens with one attached hydrogen (secondary N) is 1. The fourth-order valence-corrected chi connectivity index (χ4v) is 2.31. The zero-order valence-electron chi connectivity index (χ0n) is 13.1. The molecule has 114 valence electrons. The summed E-state index contributed by atoms with van der Waals surface area (Å²) in [6.45, 7) is 8.77. The number of ether oxygens (including phenoxy) is 1. The van der Waals surface area contributed by atoms with Crippen LogP contribution >= 0.6 is 0 Å². The Morgan fingerprint density at radius 3 is 2.80 bits per heavy atom. The highest BCUT2D eigenvalue weighted by Gasteiger charge is 2.33. The Hall–Kier alpha value is -1.07. The summed E-state index contributed by atoms with van der Waals surface area (Å²) in [6.07, 6.45) is 4.38. The van der Waals surface area contributed by atoms with Crippen molar-refractivity contribution in [1.82, 2.24) is 10.3 Å². The van der Waals surface area contributed by atoms with Gasteiger partial charge in [0.25, 0.3) is 6.01 Å². The first-order valence-corrected chi connectivity index (χ1v) is 7.55. The summed E-state index contributed by atoms with van der Waals surface area (Å²) in [7, 11) is 1.73. The average Bonchev–Trinajstić information content (AvgIpc) is 3.17. The van der Waals surface area contributed by atoms with E-state index in [0.29, 0.717) is 18.7 Å². The lowest BCUT2D eigenvalue weighted by molar-refractivity contribution is 0.201. The van der Waals surface area contributed by atoms with Crippen molar-refractivity contribution in [3.05, 3.63) is 12.0 Å². The number of hydrogen-bond acceptors (Lipinski definition) is 5. The molecule has 1 fully saturated rings. The molecule has 1 atom stereocenters. The molecule has 1 saturated carbocycles. The lowest BCUT2D eigenvalue weighted by Crippen LogP contribution is -2.37. The molecular weight excluding hydrogens is 254 g/mol. The molecule has 1 aliphatic rings. The summed E-state index contributed by atoms with van der Waals surface area (Å²) in [4.78, 5) is 6.84. The summed E-state index contributed by atoms with van der Waals surface area (Å²) < 4.78 is 10.9. The zero-order chi connectivity index (χ0) is 14.5. The van der Waals surface area contributed by atoms with Crippen LogP contribution in [0, 0.1) is 5.92 Å². The summed E-state index contributed by atoms with van der Waals surface area (Å²) in [6, 6.07) is 1.64. The maximum Gasteiger partial charge on any atom is 0.297 e. The second kappa shape index (κ2) is 7.09. The summed E-state index contributed by atoms with van der Waals surface area (Å²) in [5, 5.41) is 3.36. The van der Waals surface area contributed by atoms with Gasteiger partial charge in [-0.2, -0.15) is 4.98 Å². The topological polar surface area (TPSA) is 50.5 Å². The largest absolute Gasteiger partial charge is 0.432 e. The monoisotopic (exact) mass is 281 g/mol. The molecular formula is C15H27N3O2. The molecule has 0 aliphatic heterocycles. The van der Waals surface area contributed by atoms with Crippen molar-refractivity contribution in [1.29, 1.82) is 0 Å². The Bertz CT molecular complexity index is 402. The van der Waals surface area contributed by atoms with Gasteiger partial charge in [-0.15, -0.1) is 0 Å². The minimum Gasteiger partial charge on any atom is -0.432 e. The Kier molecular flexibility index (Phi) is 5.43. The fraction of sp³-hybridized carbons (Fsp3) is 0.800.